The Bertz CT molecular complexity index is 506. The van der Waals surface area contributed by atoms with E-state index < -0.39 is 4.92 Å². The SMILES string of the molecule is Cc1ccccc1.O=Cc1ccc([N+](=O)[O-])cc1. The fourth-order valence-electron chi connectivity index (χ4n) is 1.21. The summed E-state index contributed by atoms with van der Waals surface area (Å²) in [6.07, 6.45) is 0.643. The lowest BCUT2D eigenvalue weighted by atomic mass is 10.2. The van der Waals surface area contributed by atoms with Crippen molar-refractivity contribution in [3.63, 3.8) is 0 Å². The van der Waals surface area contributed by atoms with Crippen LogP contribution in [0.4, 0.5) is 5.69 Å². The van der Waals surface area contributed by atoms with Gasteiger partial charge >= 0.3 is 0 Å². The first-order chi connectivity index (χ1) is 8.63. The van der Waals surface area contributed by atoms with Gasteiger partial charge in [0.2, 0.25) is 0 Å². The van der Waals surface area contributed by atoms with Crippen LogP contribution in [0.25, 0.3) is 0 Å². The van der Waals surface area contributed by atoms with Gasteiger partial charge in [-0.25, -0.2) is 0 Å². The molecule has 0 spiro atoms. The number of aldehydes is 1. The van der Waals surface area contributed by atoms with Gasteiger partial charge in [-0.2, -0.15) is 0 Å². The van der Waals surface area contributed by atoms with Crippen molar-refractivity contribution in [3.8, 4) is 0 Å². The van der Waals surface area contributed by atoms with Crippen LogP contribution in [0.15, 0.2) is 54.6 Å². The zero-order valence-corrected chi connectivity index (χ0v) is 9.95. The molecule has 0 saturated carbocycles. The molecule has 0 aliphatic carbocycles. The standard InChI is InChI=1S/C7H5NO3.C7H8/c9-5-6-1-3-7(4-2-6)8(10)11;1-7-5-3-2-4-6-7/h1-5H;2-6H,1H3. The van der Waals surface area contributed by atoms with Crippen LogP contribution in [0.5, 0.6) is 0 Å². The highest BCUT2D eigenvalue weighted by molar-refractivity contribution is 5.75. The van der Waals surface area contributed by atoms with Crippen molar-refractivity contribution in [2.75, 3.05) is 0 Å². The van der Waals surface area contributed by atoms with E-state index in [1.807, 2.05) is 18.2 Å². The number of nitro groups is 1. The molecule has 0 unspecified atom stereocenters. The van der Waals surface area contributed by atoms with E-state index in [0.29, 0.717) is 11.8 Å². The fraction of sp³-hybridized carbons (Fsp3) is 0.0714. The van der Waals surface area contributed by atoms with Crippen LogP contribution in [0.1, 0.15) is 15.9 Å². The highest BCUT2D eigenvalue weighted by atomic mass is 16.6. The number of aryl methyl sites for hydroxylation is 1. The summed E-state index contributed by atoms with van der Waals surface area (Å²) in [7, 11) is 0. The first kappa shape index (κ1) is 13.6. The molecule has 0 fully saturated rings. The molecule has 0 amide bonds. The number of hydrogen-bond donors (Lipinski definition) is 0. The largest absolute Gasteiger partial charge is 0.298 e. The van der Waals surface area contributed by atoms with E-state index in [1.165, 1.54) is 29.8 Å². The maximum absolute atomic E-state index is 10.1. The first-order valence-electron chi connectivity index (χ1n) is 5.35. The van der Waals surface area contributed by atoms with Crippen molar-refractivity contribution in [2.45, 2.75) is 6.92 Å². The Labute approximate surface area is 105 Å². The molecule has 2 rings (SSSR count). The number of nitro benzene ring substituents is 1. The van der Waals surface area contributed by atoms with Crippen molar-refractivity contribution in [1.29, 1.82) is 0 Å². The number of non-ortho nitro benzene ring substituents is 1. The molecule has 0 heterocycles. The van der Waals surface area contributed by atoms with E-state index in [0.717, 1.165) is 0 Å². The molecule has 4 nitrogen and oxygen atoms in total. The first-order valence-corrected chi connectivity index (χ1v) is 5.35. The Morgan fingerprint density at radius 2 is 1.56 bits per heavy atom. The van der Waals surface area contributed by atoms with Gasteiger partial charge in [0.1, 0.15) is 6.29 Å². The van der Waals surface area contributed by atoms with Crippen LogP contribution in [0, 0.1) is 17.0 Å². The lowest BCUT2D eigenvalue weighted by molar-refractivity contribution is -0.384. The Hall–Kier alpha value is -2.49. The molecule has 0 aliphatic rings. The minimum atomic E-state index is -0.505. The van der Waals surface area contributed by atoms with Crippen LogP contribution in [-0.4, -0.2) is 11.2 Å². The normalized spacial score (nSPS) is 8.94. The molecule has 0 saturated heterocycles. The van der Waals surface area contributed by atoms with Crippen molar-refractivity contribution in [2.24, 2.45) is 0 Å². The summed E-state index contributed by atoms with van der Waals surface area (Å²) in [5.74, 6) is 0. The Kier molecular flexibility index (Phi) is 5.25. The molecular formula is C14H13NO3. The van der Waals surface area contributed by atoms with Crippen molar-refractivity contribution in [3.05, 3.63) is 75.8 Å². The average Bonchev–Trinajstić information content (AvgIpc) is 2.40. The van der Waals surface area contributed by atoms with Gasteiger partial charge in [0.15, 0.2) is 0 Å². The van der Waals surface area contributed by atoms with Crippen LogP contribution in [0.2, 0.25) is 0 Å². The number of nitrogens with zero attached hydrogens (tertiary/aromatic N) is 1. The molecule has 0 aromatic heterocycles. The van der Waals surface area contributed by atoms with E-state index in [2.05, 4.69) is 19.1 Å². The summed E-state index contributed by atoms with van der Waals surface area (Å²) < 4.78 is 0. The predicted octanol–water partition coefficient (Wildman–Crippen LogP) is 3.40. The van der Waals surface area contributed by atoms with E-state index in [9.17, 15) is 14.9 Å². The number of carbonyl (C=O) groups is 1. The van der Waals surface area contributed by atoms with E-state index in [1.54, 1.807) is 0 Å². The molecule has 0 radical (unpaired) electrons. The number of rotatable bonds is 2. The molecule has 2 aromatic carbocycles. The smallest absolute Gasteiger partial charge is 0.269 e. The molecule has 4 heteroatoms. The van der Waals surface area contributed by atoms with Crippen molar-refractivity contribution in [1.82, 2.24) is 0 Å². The zero-order chi connectivity index (χ0) is 13.4. The second-order valence-electron chi connectivity index (χ2n) is 3.62. The van der Waals surface area contributed by atoms with Gasteiger partial charge in [0, 0.05) is 17.7 Å². The quantitative estimate of drug-likeness (QED) is 0.461. The fourth-order valence-corrected chi connectivity index (χ4v) is 1.21. The minimum Gasteiger partial charge on any atom is -0.298 e. The average molecular weight is 243 g/mol. The summed E-state index contributed by atoms with van der Waals surface area (Å²) >= 11 is 0. The molecule has 0 bridgehead atoms. The zero-order valence-electron chi connectivity index (χ0n) is 9.95. The van der Waals surface area contributed by atoms with Gasteiger partial charge in [-0.3, -0.25) is 14.9 Å². The molecule has 0 N–H and O–H groups in total. The Morgan fingerprint density at radius 1 is 1.00 bits per heavy atom. The third-order valence-corrected chi connectivity index (χ3v) is 2.18. The maximum atomic E-state index is 10.1. The van der Waals surface area contributed by atoms with Gasteiger partial charge in [-0.1, -0.05) is 35.9 Å². The summed E-state index contributed by atoms with van der Waals surface area (Å²) in [6, 6.07) is 15.7. The monoisotopic (exact) mass is 243 g/mol. The molecule has 0 aliphatic heterocycles. The minimum absolute atomic E-state index is 0.00407. The second-order valence-corrected chi connectivity index (χ2v) is 3.62. The van der Waals surface area contributed by atoms with Crippen LogP contribution < -0.4 is 0 Å². The van der Waals surface area contributed by atoms with Crippen LogP contribution in [-0.2, 0) is 0 Å². The van der Waals surface area contributed by atoms with Gasteiger partial charge in [-0.05, 0) is 19.1 Å². The lowest BCUT2D eigenvalue weighted by Crippen LogP contribution is -1.87. The van der Waals surface area contributed by atoms with Crippen LogP contribution >= 0.6 is 0 Å². The van der Waals surface area contributed by atoms with Gasteiger partial charge in [0.05, 0.1) is 4.92 Å². The topological polar surface area (TPSA) is 60.2 Å². The number of carbonyl (C=O) groups excluding carboxylic acids is 1. The summed E-state index contributed by atoms with van der Waals surface area (Å²) in [5.41, 5.74) is 1.76. The van der Waals surface area contributed by atoms with Crippen molar-refractivity contribution >= 4 is 12.0 Å². The molecule has 0 atom stereocenters. The number of hydrogen-bond acceptors (Lipinski definition) is 3. The summed E-state index contributed by atoms with van der Waals surface area (Å²) in [5, 5.41) is 10.1. The van der Waals surface area contributed by atoms with Crippen LogP contribution in [0.3, 0.4) is 0 Å². The second kappa shape index (κ2) is 6.96. The summed E-state index contributed by atoms with van der Waals surface area (Å²) in [4.78, 5) is 19.7. The third kappa shape index (κ3) is 4.57. The lowest BCUT2D eigenvalue weighted by Gasteiger charge is -1.89. The third-order valence-electron chi connectivity index (χ3n) is 2.18. The molecule has 18 heavy (non-hydrogen) atoms. The Morgan fingerprint density at radius 3 is 1.89 bits per heavy atom. The molecule has 2 aromatic rings. The maximum Gasteiger partial charge on any atom is 0.269 e. The van der Waals surface area contributed by atoms with Gasteiger partial charge in [0.25, 0.3) is 5.69 Å². The van der Waals surface area contributed by atoms with Gasteiger partial charge in [-0.15, -0.1) is 0 Å². The number of benzene rings is 2. The summed E-state index contributed by atoms with van der Waals surface area (Å²) in [6.45, 7) is 2.08. The predicted molar refractivity (Wildman–Crippen MR) is 69.7 cm³/mol. The van der Waals surface area contributed by atoms with E-state index in [-0.39, 0.29) is 5.69 Å². The highest BCUT2D eigenvalue weighted by Gasteiger charge is 2.02. The highest BCUT2D eigenvalue weighted by Crippen LogP contribution is 2.09. The van der Waals surface area contributed by atoms with Gasteiger partial charge < -0.3 is 0 Å². The molecule has 92 valence electrons. The van der Waals surface area contributed by atoms with E-state index >= 15 is 0 Å². The Balaban J connectivity index is 0.000000199. The van der Waals surface area contributed by atoms with Crippen molar-refractivity contribution < 1.29 is 9.72 Å². The molecular weight excluding hydrogens is 230 g/mol. The van der Waals surface area contributed by atoms with E-state index in [4.69, 9.17) is 0 Å².